The van der Waals surface area contributed by atoms with Crippen molar-refractivity contribution >= 4 is 5.82 Å². The van der Waals surface area contributed by atoms with Gasteiger partial charge in [0.1, 0.15) is 5.82 Å². The average molecular weight is 273 g/mol. The molecule has 0 radical (unpaired) electrons. The van der Waals surface area contributed by atoms with E-state index in [9.17, 15) is 9.59 Å². The molecule has 2 N–H and O–H groups in total. The lowest BCUT2D eigenvalue weighted by Crippen LogP contribution is -2.40. The summed E-state index contributed by atoms with van der Waals surface area (Å²) in [7, 11) is 0. The summed E-state index contributed by atoms with van der Waals surface area (Å²) < 4.78 is 2.69. The van der Waals surface area contributed by atoms with Gasteiger partial charge < -0.3 is 5.73 Å². The maximum atomic E-state index is 12.4. The van der Waals surface area contributed by atoms with E-state index in [2.05, 4.69) is 0 Å². The van der Waals surface area contributed by atoms with Crippen molar-refractivity contribution in [2.75, 3.05) is 5.73 Å². The van der Waals surface area contributed by atoms with Crippen molar-refractivity contribution in [1.29, 1.82) is 0 Å². The molecular weight excluding hydrogens is 254 g/mol. The van der Waals surface area contributed by atoms with Crippen molar-refractivity contribution in [2.24, 2.45) is 0 Å². The number of hydrogen-bond acceptors (Lipinski definition) is 3. The molecule has 0 amide bonds. The van der Waals surface area contributed by atoms with Gasteiger partial charge in [-0.2, -0.15) is 0 Å². The Bertz CT molecular complexity index is 687. The van der Waals surface area contributed by atoms with Crippen molar-refractivity contribution in [3.63, 3.8) is 0 Å². The Labute approximate surface area is 117 Å². The van der Waals surface area contributed by atoms with E-state index >= 15 is 0 Å². The van der Waals surface area contributed by atoms with Gasteiger partial charge in [-0.3, -0.25) is 13.9 Å². The number of nitrogen functional groups attached to an aromatic ring is 1. The van der Waals surface area contributed by atoms with Crippen molar-refractivity contribution in [3.05, 3.63) is 62.8 Å². The second-order valence-corrected chi connectivity index (χ2v) is 4.77. The molecule has 0 atom stereocenters. The molecule has 0 unspecified atom stereocenters. The fourth-order valence-corrected chi connectivity index (χ4v) is 2.08. The molecule has 0 saturated carbocycles. The van der Waals surface area contributed by atoms with Crippen LogP contribution in [0.15, 0.2) is 46.0 Å². The molecule has 0 bridgehead atoms. The Hall–Kier alpha value is -2.30. The van der Waals surface area contributed by atoms with Gasteiger partial charge in [-0.1, -0.05) is 43.7 Å². The summed E-state index contributed by atoms with van der Waals surface area (Å²) in [4.78, 5) is 24.2. The number of nitrogens with two attached hydrogens (primary N) is 1. The first-order valence-electron chi connectivity index (χ1n) is 6.77. The van der Waals surface area contributed by atoms with Crippen molar-refractivity contribution in [1.82, 2.24) is 9.13 Å². The maximum Gasteiger partial charge on any atom is 0.332 e. The second kappa shape index (κ2) is 6.23. The summed E-state index contributed by atoms with van der Waals surface area (Å²) in [5, 5.41) is 0. The zero-order valence-corrected chi connectivity index (χ0v) is 11.6. The van der Waals surface area contributed by atoms with E-state index in [4.69, 9.17) is 5.73 Å². The van der Waals surface area contributed by atoms with E-state index in [0.29, 0.717) is 13.1 Å². The van der Waals surface area contributed by atoms with Crippen LogP contribution in [0.5, 0.6) is 0 Å². The third kappa shape index (κ3) is 2.99. The normalized spacial score (nSPS) is 10.7. The van der Waals surface area contributed by atoms with Gasteiger partial charge in [0.2, 0.25) is 0 Å². The Balaban J connectivity index is 2.43. The fourth-order valence-electron chi connectivity index (χ4n) is 2.08. The van der Waals surface area contributed by atoms with Gasteiger partial charge in [0.05, 0.1) is 6.54 Å². The maximum absolute atomic E-state index is 12.4. The monoisotopic (exact) mass is 273 g/mol. The number of hydrogen-bond donors (Lipinski definition) is 1. The quantitative estimate of drug-likeness (QED) is 0.896. The fraction of sp³-hybridized carbons (Fsp3) is 0.333. The minimum atomic E-state index is -0.340. The van der Waals surface area contributed by atoms with Crippen LogP contribution in [0.25, 0.3) is 0 Å². The van der Waals surface area contributed by atoms with Gasteiger partial charge in [0.25, 0.3) is 5.56 Å². The van der Waals surface area contributed by atoms with Crippen LogP contribution in [0.4, 0.5) is 5.82 Å². The average Bonchev–Trinajstić information content (AvgIpc) is 2.44. The SMILES string of the molecule is CCCCn1c(=O)cc(N)n(Cc2ccccc2)c1=O. The Morgan fingerprint density at radius 2 is 1.80 bits per heavy atom. The van der Waals surface area contributed by atoms with Crippen LogP contribution in [0.1, 0.15) is 25.3 Å². The van der Waals surface area contributed by atoms with Crippen LogP contribution in [-0.4, -0.2) is 9.13 Å². The van der Waals surface area contributed by atoms with Gasteiger partial charge in [-0.25, -0.2) is 4.79 Å². The highest BCUT2D eigenvalue weighted by atomic mass is 16.2. The van der Waals surface area contributed by atoms with E-state index in [0.717, 1.165) is 18.4 Å². The topological polar surface area (TPSA) is 70.0 Å². The van der Waals surface area contributed by atoms with Crippen molar-refractivity contribution in [3.8, 4) is 0 Å². The van der Waals surface area contributed by atoms with Gasteiger partial charge in [-0.05, 0) is 12.0 Å². The molecule has 1 aromatic heterocycles. The third-order valence-corrected chi connectivity index (χ3v) is 3.23. The minimum Gasteiger partial charge on any atom is -0.385 e. The third-order valence-electron chi connectivity index (χ3n) is 3.23. The molecule has 0 spiro atoms. The molecule has 2 rings (SSSR count). The number of unbranched alkanes of at least 4 members (excludes halogenated alkanes) is 1. The summed E-state index contributed by atoms with van der Waals surface area (Å²) in [5.41, 5.74) is 6.12. The molecule has 106 valence electrons. The van der Waals surface area contributed by atoms with E-state index in [1.165, 1.54) is 15.2 Å². The smallest absolute Gasteiger partial charge is 0.332 e. The summed E-state index contributed by atoms with van der Waals surface area (Å²) in [5.74, 6) is 0.205. The number of aromatic nitrogens is 2. The molecule has 2 aromatic rings. The molecule has 5 heteroatoms. The van der Waals surface area contributed by atoms with Crippen LogP contribution in [0.3, 0.4) is 0 Å². The molecular formula is C15H19N3O2. The lowest BCUT2D eigenvalue weighted by Gasteiger charge is -2.12. The van der Waals surface area contributed by atoms with Crippen LogP contribution in [0.2, 0.25) is 0 Å². The van der Waals surface area contributed by atoms with Gasteiger partial charge in [0.15, 0.2) is 0 Å². The minimum absolute atomic E-state index is 0.205. The Morgan fingerprint density at radius 1 is 1.10 bits per heavy atom. The summed E-state index contributed by atoms with van der Waals surface area (Å²) in [6.07, 6.45) is 1.72. The first kappa shape index (κ1) is 14.1. The van der Waals surface area contributed by atoms with Crippen molar-refractivity contribution in [2.45, 2.75) is 32.9 Å². The number of anilines is 1. The highest BCUT2D eigenvalue weighted by molar-refractivity contribution is 5.28. The van der Waals surface area contributed by atoms with Gasteiger partial charge in [-0.15, -0.1) is 0 Å². The van der Waals surface area contributed by atoms with Crippen LogP contribution < -0.4 is 17.0 Å². The molecule has 0 fully saturated rings. The van der Waals surface area contributed by atoms with E-state index in [1.54, 1.807) is 0 Å². The predicted molar refractivity (Wildman–Crippen MR) is 79.8 cm³/mol. The number of benzene rings is 1. The zero-order valence-electron chi connectivity index (χ0n) is 11.6. The van der Waals surface area contributed by atoms with Crippen LogP contribution in [0, 0.1) is 0 Å². The summed E-state index contributed by atoms with van der Waals surface area (Å²) in [6, 6.07) is 10.9. The molecule has 0 aliphatic carbocycles. The van der Waals surface area contributed by atoms with Crippen LogP contribution >= 0.6 is 0 Å². The number of rotatable bonds is 5. The highest BCUT2D eigenvalue weighted by Gasteiger charge is 2.09. The first-order valence-corrected chi connectivity index (χ1v) is 6.77. The molecule has 1 heterocycles. The molecule has 5 nitrogen and oxygen atoms in total. The largest absolute Gasteiger partial charge is 0.385 e. The van der Waals surface area contributed by atoms with Gasteiger partial charge in [0, 0.05) is 12.6 Å². The Morgan fingerprint density at radius 3 is 2.45 bits per heavy atom. The van der Waals surface area contributed by atoms with E-state index in [-0.39, 0.29) is 17.1 Å². The number of nitrogens with zero attached hydrogens (tertiary/aromatic N) is 2. The van der Waals surface area contributed by atoms with Gasteiger partial charge >= 0.3 is 5.69 Å². The molecule has 0 aliphatic rings. The molecule has 0 saturated heterocycles. The predicted octanol–water partition coefficient (Wildman–Crippen LogP) is 1.44. The zero-order chi connectivity index (χ0) is 14.5. The standard InChI is InChI=1S/C15H19N3O2/c1-2-3-9-17-14(19)10-13(16)18(15(17)20)11-12-7-5-4-6-8-12/h4-8,10H,2-3,9,11,16H2,1H3. The molecule has 1 aromatic carbocycles. The lowest BCUT2D eigenvalue weighted by molar-refractivity contribution is 0.549. The summed E-state index contributed by atoms with van der Waals surface area (Å²) in [6.45, 7) is 2.83. The van der Waals surface area contributed by atoms with E-state index < -0.39 is 0 Å². The van der Waals surface area contributed by atoms with Crippen LogP contribution in [-0.2, 0) is 13.1 Å². The summed E-state index contributed by atoms with van der Waals surface area (Å²) >= 11 is 0. The molecule has 20 heavy (non-hydrogen) atoms. The highest BCUT2D eigenvalue weighted by Crippen LogP contribution is 2.04. The Kier molecular flexibility index (Phi) is 4.40. The molecule has 0 aliphatic heterocycles. The van der Waals surface area contributed by atoms with Crippen molar-refractivity contribution < 1.29 is 0 Å². The second-order valence-electron chi connectivity index (χ2n) is 4.77. The first-order chi connectivity index (χ1) is 9.63. The lowest BCUT2D eigenvalue weighted by atomic mass is 10.2. The van der Waals surface area contributed by atoms with E-state index in [1.807, 2.05) is 37.3 Å².